The van der Waals surface area contributed by atoms with E-state index in [1.807, 2.05) is 30.3 Å². The van der Waals surface area contributed by atoms with Crippen molar-refractivity contribution in [3.05, 3.63) is 35.9 Å². The van der Waals surface area contributed by atoms with Crippen LogP contribution < -0.4 is 10.6 Å². The number of amides is 2. The van der Waals surface area contributed by atoms with E-state index in [4.69, 9.17) is 9.47 Å². The van der Waals surface area contributed by atoms with E-state index in [0.717, 1.165) is 24.8 Å². The lowest BCUT2D eigenvalue weighted by Gasteiger charge is -2.24. The number of hydrogen-bond donors (Lipinski definition) is 3. The fourth-order valence-electron chi connectivity index (χ4n) is 4.16. The molecule has 9 nitrogen and oxygen atoms in total. The van der Waals surface area contributed by atoms with Gasteiger partial charge in [-0.2, -0.15) is 0 Å². The standard InChI is InChI=1S/C31H50N2O7/c1-5-6-7-8-9-10-11-12-13-17-20-26(29(36)37)32-28(35)25(33-30(38)40-31(2,3)4)21-22-27(34)39-23-24-18-15-14-16-19-24/h14-16,18-19,25-26H,5-13,17,20-23H2,1-4H3,(H,32,35)(H,33,38)(H,36,37)/t25-,26-/m0/s1. The second-order valence-electron chi connectivity index (χ2n) is 11.3. The maximum Gasteiger partial charge on any atom is 0.408 e. The van der Waals surface area contributed by atoms with Gasteiger partial charge in [0.1, 0.15) is 24.3 Å². The van der Waals surface area contributed by atoms with Gasteiger partial charge in [0, 0.05) is 6.42 Å². The Morgan fingerprint density at radius 3 is 1.93 bits per heavy atom. The molecule has 226 valence electrons. The number of carbonyl (C=O) groups is 4. The zero-order valence-electron chi connectivity index (χ0n) is 24.8. The number of unbranched alkanes of at least 4 members (excludes halogenated alkanes) is 9. The van der Waals surface area contributed by atoms with Gasteiger partial charge in [-0.25, -0.2) is 9.59 Å². The smallest absolute Gasteiger partial charge is 0.408 e. The van der Waals surface area contributed by atoms with E-state index in [0.29, 0.717) is 6.42 Å². The third kappa shape index (κ3) is 17.5. The third-order valence-electron chi connectivity index (χ3n) is 6.35. The van der Waals surface area contributed by atoms with Gasteiger partial charge in [0.25, 0.3) is 0 Å². The Kier molecular flexibility index (Phi) is 17.4. The van der Waals surface area contributed by atoms with Gasteiger partial charge >= 0.3 is 18.0 Å². The predicted octanol–water partition coefficient (Wildman–Crippen LogP) is 6.28. The molecule has 0 heterocycles. The Morgan fingerprint density at radius 2 is 1.38 bits per heavy atom. The Morgan fingerprint density at radius 1 is 0.800 bits per heavy atom. The van der Waals surface area contributed by atoms with Crippen molar-refractivity contribution in [2.45, 2.75) is 135 Å². The molecule has 0 aromatic heterocycles. The number of carboxylic acids is 1. The highest BCUT2D eigenvalue weighted by Gasteiger charge is 2.28. The number of carbonyl (C=O) groups excluding carboxylic acids is 3. The summed E-state index contributed by atoms with van der Waals surface area (Å²) >= 11 is 0. The van der Waals surface area contributed by atoms with E-state index in [1.165, 1.54) is 38.5 Å². The zero-order chi connectivity index (χ0) is 29.8. The quantitative estimate of drug-likeness (QED) is 0.126. The highest BCUT2D eigenvalue weighted by atomic mass is 16.6. The van der Waals surface area contributed by atoms with Gasteiger partial charge in [-0.3, -0.25) is 9.59 Å². The normalized spacial score (nSPS) is 12.7. The topological polar surface area (TPSA) is 131 Å². The lowest BCUT2D eigenvalue weighted by molar-refractivity contribution is -0.146. The van der Waals surface area contributed by atoms with E-state index in [1.54, 1.807) is 20.8 Å². The van der Waals surface area contributed by atoms with Crippen LogP contribution in [0.4, 0.5) is 4.79 Å². The second kappa shape index (κ2) is 19.9. The number of esters is 1. The molecule has 0 saturated heterocycles. The summed E-state index contributed by atoms with van der Waals surface area (Å²) < 4.78 is 10.5. The molecule has 1 aromatic rings. The van der Waals surface area contributed by atoms with E-state index < -0.39 is 41.6 Å². The van der Waals surface area contributed by atoms with Crippen LogP contribution in [-0.2, 0) is 30.5 Å². The van der Waals surface area contributed by atoms with E-state index >= 15 is 0 Å². The fraction of sp³-hybridized carbons (Fsp3) is 0.677. The number of alkyl carbamates (subject to hydrolysis) is 1. The highest BCUT2D eigenvalue weighted by Crippen LogP contribution is 2.13. The number of rotatable bonds is 20. The van der Waals surface area contributed by atoms with Gasteiger partial charge < -0.3 is 25.2 Å². The van der Waals surface area contributed by atoms with Gasteiger partial charge in [0.2, 0.25) is 5.91 Å². The first-order valence-corrected chi connectivity index (χ1v) is 14.7. The minimum atomic E-state index is -1.16. The molecule has 0 saturated carbocycles. The largest absolute Gasteiger partial charge is 0.480 e. The van der Waals surface area contributed by atoms with E-state index in [9.17, 15) is 24.3 Å². The minimum Gasteiger partial charge on any atom is -0.480 e. The monoisotopic (exact) mass is 562 g/mol. The van der Waals surface area contributed by atoms with Crippen LogP contribution in [0.5, 0.6) is 0 Å². The summed E-state index contributed by atoms with van der Waals surface area (Å²) in [6.45, 7) is 7.37. The van der Waals surface area contributed by atoms with Crippen molar-refractivity contribution in [2.24, 2.45) is 0 Å². The second-order valence-corrected chi connectivity index (χ2v) is 11.3. The Bertz CT molecular complexity index is 883. The fourth-order valence-corrected chi connectivity index (χ4v) is 4.16. The average Bonchev–Trinajstić information content (AvgIpc) is 2.89. The summed E-state index contributed by atoms with van der Waals surface area (Å²) in [4.78, 5) is 49.6. The molecule has 9 heteroatoms. The molecule has 2 amide bonds. The van der Waals surface area contributed by atoms with Crippen molar-refractivity contribution in [2.75, 3.05) is 0 Å². The summed E-state index contributed by atoms with van der Waals surface area (Å²) in [6, 6.07) is 6.94. The van der Waals surface area contributed by atoms with Crippen LogP contribution in [-0.4, -0.2) is 46.7 Å². The van der Waals surface area contributed by atoms with Crippen LogP contribution in [0.2, 0.25) is 0 Å². The number of benzene rings is 1. The van der Waals surface area contributed by atoms with Crippen LogP contribution >= 0.6 is 0 Å². The van der Waals surface area contributed by atoms with Gasteiger partial charge in [-0.15, -0.1) is 0 Å². The van der Waals surface area contributed by atoms with Crippen molar-refractivity contribution in [3.63, 3.8) is 0 Å². The molecule has 0 aliphatic carbocycles. The Balaban J connectivity index is 2.59. The van der Waals surface area contributed by atoms with Gasteiger partial charge in [-0.05, 0) is 39.2 Å². The summed E-state index contributed by atoms with van der Waals surface area (Å²) in [7, 11) is 0. The molecule has 3 N–H and O–H groups in total. The number of nitrogens with one attached hydrogen (secondary N) is 2. The molecule has 0 aliphatic rings. The molecular weight excluding hydrogens is 512 g/mol. The Hall–Kier alpha value is -3.10. The maximum atomic E-state index is 13.0. The Labute approximate surface area is 239 Å². The van der Waals surface area contributed by atoms with E-state index in [2.05, 4.69) is 17.6 Å². The molecule has 1 rings (SSSR count). The molecule has 0 bridgehead atoms. The minimum absolute atomic E-state index is 0.0662. The number of carboxylic acid groups (broad SMARTS) is 1. The SMILES string of the molecule is CCCCCCCCCCCC[C@H](NC(=O)[C@H](CCC(=O)OCc1ccccc1)NC(=O)OC(C)(C)C)C(=O)O. The molecule has 1 aromatic carbocycles. The van der Waals surface area contributed by atoms with Crippen molar-refractivity contribution < 1.29 is 33.8 Å². The molecule has 0 radical (unpaired) electrons. The summed E-state index contributed by atoms with van der Waals surface area (Å²) in [5.41, 5.74) is 0.0343. The van der Waals surface area contributed by atoms with E-state index in [-0.39, 0.29) is 25.9 Å². The predicted molar refractivity (Wildman–Crippen MR) is 155 cm³/mol. The first kappa shape index (κ1) is 34.9. The number of hydrogen-bond acceptors (Lipinski definition) is 6. The third-order valence-corrected chi connectivity index (χ3v) is 6.35. The first-order chi connectivity index (χ1) is 19.0. The molecular formula is C31H50N2O7. The van der Waals surface area contributed by atoms with Crippen molar-refractivity contribution in [1.82, 2.24) is 10.6 Å². The van der Waals surface area contributed by atoms with Crippen LogP contribution in [0.3, 0.4) is 0 Å². The number of aliphatic carboxylic acids is 1. The zero-order valence-corrected chi connectivity index (χ0v) is 24.8. The molecule has 0 aliphatic heterocycles. The molecule has 0 spiro atoms. The average molecular weight is 563 g/mol. The van der Waals surface area contributed by atoms with Crippen LogP contribution in [0.1, 0.15) is 117 Å². The lowest BCUT2D eigenvalue weighted by Crippen LogP contribution is -2.52. The van der Waals surface area contributed by atoms with Crippen LogP contribution in [0.15, 0.2) is 30.3 Å². The van der Waals surface area contributed by atoms with Gasteiger partial charge in [-0.1, -0.05) is 101 Å². The van der Waals surface area contributed by atoms with Crippen molar-refractivity contribution in [1.29, 1.82) is 0 Å². The highest BCUT2D eigenvalue weighted by molar-refractivity contribution is 5.89. The number of ether oxygens (including phenoxy) is 2. The van der Waals surface area contributed by atoms with Crippen LogP contribution in [0.25, 0.3) is 0 Å². The summed E-state index contributed by atoms with van der Waals surface area (Å²) in [5.74, 6) is -2.35. The maximum absolute atomic E-state index is 13.0. The van der Waals surface area contributed by atoms with Crippen molar-refractivity contribution in [3.8, 4) is 0 Å². The first-order valence-electron chi connectivity index (χ1n) is 14.7. The van der Waals surface area contributed by atoms with Gasteiger partial charge in [0.15, 0.2) is 0 Å². The van der Waals surface area contributed by atoms with Gasteiger partial charge in [0.05, 0.1) is 0 Å². The molecule has 2 atom stereocenters. The van der Waals surface area contributed by atoms with Crippen molar-refractivity contribution >= 4 is 23.9 Å². The molecule has 0 fully saturated rings. The summed E-state index contributed by atoms with van der Waals surface area (Å²) in [6.07, 6.45) is 10.5. The van der Waals surface area contributed by atoms with Crippen LogP contribution in [0, 0.1) is 0 Å². The molecule has 40 heavy (non-hydrogen) atoms. The molecule has 0 unspecified atom stereocenters. The lowest BCUT2D eigenvalue weighted by atomic mass is 10.0. The summed E-state index contributed by atoms with van der Waals surface area (Å²) in [5, 5.41) is 14.7.